The number of para-hydroxylation sites is 2. The smallest absolute Gasteiger partial charge is 0.224 e. The van der Waals surface area contributed by atoms with Crippen molar-refractivity contribution in [3.63, 3.8) is 0 Å². The molecule has 5 aromatic rings. The van der Waals surface area contributed by atoms with Crippen LogP contribution in [0.2, 0.25) is 5.02 Å². The maximum absolute atomic E-state index is 12.7. The van der Waals surface area contributed by atoms with Gasteiger partial charge in [0.25, 0.3) is 0 Å². The van der Waals surface area contributed by atoms with E-state index in [0.29, 0.717) is 61.6 Å². The molecule has 2 amide bonds. The predicted octanol–water partition coefficient (Wildman–Crippen LogP) is 9.21. The number of carbonyl (C=O) groups excluding carboxylic acids is 2. The monoisotopic (exact) mass is 844 g/mol. The first-order valence-electron chi connectivity index (χ1n) is 21.5. The number of nitrogens with one attached hydrogen (secondary N) is 2. The van der Waals surface area contributed by atoms with Gasteiger partial charge in [0.15, 0.2) is 6.29 Å². The highest BCUT2D eigenvalue weighted by Crippen LogP contribution is 2.40. The van der Waals surface area contributed by atoms with Crippen LogP contribution < -0.4 is 16.4 Å². The van der Waals surface area contributed by atoms with E-state index in [0.717, 1.165) is 77.7 Å². The van der Waals surface area contributed by atoms with Gasteiger partial charge in [-0.25, -0.2) is 0 Å². The molecule has 0 bridgehead atoms. The van der Waals surface area contributed by atoms with Crippen LogP contribution in [0.15, 0.2) is 121 Å². The summed E-state index contributed by atoms with van der Waals surface area (Å²) in [5.41, 5.74) is 12.9. The number of aliphatic hydroxyl groups is 2. The SMILES string of the molecule is Nc1ccccc1NC(=O)CCCCCCC(=O)NCc1cccc(-c2cccc([C@H]3O[C@@H](CN4CCC(O)(c5ccc(Cl)cc5)CC4)C[C@@H](c4ccc(CO)cc4)O3)c2)c1. The van der Waals surface area contributed by atoms with Crippen LogP contribution in [0.1, 0.15) is 98.0 Å². The second-order valence-corrected chi connectivity index (χ2v) is 16.8. The van der Waals surface area contributed by atoms with Crippen molar-refractivity contribution in [1.82, 2.24) is 10.2 Å². The fourth-order valence-corrected chi connectivity index (χ4v) is 8.36. The minimum Gasteiger partial charge on any atom is -0.397 e. The summed E-state index contributed by atoms with van der Waals surface area (Å²) in [7, 11) is 0. The van der Waals surface area contributed by atoms with Crippen LogP contribution in [0.5, 0.6) is 0 Å². The molecule has 0 radical (unpaired) electrons. The average molecular weight is 845 g/mol. The summed E-state index contributed by atoms with van der Waals surface area (Å²) < 4.78 is 13.4. The highest BCUT2D eigenvalue weighted by Gasteiger charge is 2.37. The molecule has 2 aliphatic heterocycles. The van der Waals surface area contributed by atoms with Crippen molar-refractivity contribution < 1.29 is 29.3 Å². The Morgan fingerprint density at radius 1 is 0.754 bits per heavy atom. The van der Waals surface area contributed by atoms with E-state index in [1.165, 1.54) is 0 Å². The van der Waals surface area contributed by atoms with Gasteiger partial charge in [-0.15, -0.1) is 0 Å². The Labute approximate surface area is 364 Å². The summed E-state index contributed by atoms with van der Waals surface area (Å²) in [6, 6.07) is 39.1. The number of anilines is 2. The third-order valence-corrected chi connectivity index (χ3v) is 12.1. The molecule has 0 aromatic heterocycles. The lowest BCUT2D eigenvalue weighted by atomic mass is 9.84. The van der Waals surface area contributed by atoms with Crippen LogP contribution in [0.3, 0.4) is 0 Å². The van der Waals surface area contributed by atoms with Crippen LogP contribution in [-0.2, 0) is 37.8 Å². The van der Waals surface area contributed by atoms with E-state index in [-0.39, 0.29) is 30.6 Å². The lowest BCUT2D eigenvalue weighted by Crippen LogP contribution is -2.46. The molecule has 11 heteroatoms. The molecule has 0 saturated carbocycles. The number of unbranched alkanes of at least 4 members (excludes halogenated alkanes) is 3. The number of hydrogen-bond donors (Lipinski definition) is 5. The van der Waals surface area contributed by atoms with Crippen molar-refractivity contribution in [2.45, 2.75) is 95.0 Å². The Morgan fingerprint density at radius 3 is 2.16 bits per heavy atom. The van der Waals surface area contributed by atoms with Crippen molar-refractivity contribution >= 4 is 34.8 Å². The number of piperidine rings is 1. The molecular weight excluding hydrogens is 788 g/mol. The number of carbonyl (C=O) groups is 2. The highest BCUT2D eigenvalue weighted by atomic mass is 35.5. The Balaban J connectivity index is 0.925. The van der Waals surface area contributed by atoms with Crippen LogP contribution in [-0.4, -0.2) is 52.7 Å². The number of rotatable bonds is 17. The summed E-state index contributed by atoms with van der Waals surface area (Å²) in [6.45, 7) is 2.59. The van der Waals surface area contributed by atoms with Gasteiger partial charge < -0.3 is 41.0 Å². The molecule has 320 valence electrons. The molecule has 3 atom stereocenters. The standard InChI is InChI=1S/C50H57ClN4O6/c51-42-23-21-41(22-24-42)50(59)25-27-55(28-26-50)33-43-31-46(37-19-17-35(34-56)18-20-37)61-49(60-43)40-12-8-11-39(30-40)38-10-7-9-36(29-38)32-53-47(57)15-3-1-2-4-16-48(58)54-45-14-6-5-13-44(45)52/h5-14,17-24,29-30,43,46,49,56,59H,1-4,15-16,25-28,31-34,52H2,(H,53,57)(H,54,58)/t43-,46+,49+/m1/s1. The van der Waals surface area contributed by atoms with E-state index in [9.17, 15) is 19.8 Å². The minimum atomic E-state index is -0.886. The van der Waals surface area contributed by atoms with Gasteiger partial charge in [0.1, 0.15) is 0 Å². The summed E-state index contributed by atoms with van der Waals surface area (Å²) in [6.07, 6.45) is 5.09. The lowest BCUT2D eigenvalue weighted by molar-refractivity contribution is -0.253. The summed E-state index contributed by atoms with van der Waals surface area (Å²) in [4.78, 5) is 27.4. The first-order valence-corrected chi connectivity index (χ1v) is 21.8. The largest absolute Gasteiger partial charge is 0.397 e. The van der Waals surface area contributed by atoms with E-state index in [1.54, 1.807) is 12.1 Å². The summed E-state index contributed by atoms with van der Waals surface area (Å²) >= 11 is 6.12. The second kappa shape index (κ2) is 21.1. The normalized spacial score (nSPS) is 19.0. The highest BCUT2D eigenvalue weighted by molar-refractivity contribution is 6.30. The molecule has 0 aliphatic carbocycles. The van der Waals surface area contributed by atoms with Gasteiger partial charge in [-0.1, -0.05) is 109 Å². The molecule has 2 aliphatic rings. The molecule has 61 heavy (non-hydrogen) atoms. The van der Waals surface area contributed by atoms with E-state index < -0.39 is 11.9 Å². The minimum absolute atomic E-state index is 0.00759. The van der Waals surface area contributed by atoms with Gasteiger partial charge in [0.05, 0.1) is 35.8 Å². The maximum Gasteiger partial charge on any atom is 0.224 e. The molecule has 5 aromatic carbocycles. The number of halogens is 1. The number of ether oxygens (including phenoxy) is 2. The molecule has 2 fully saturated rings. The van der Waals surface area contributed by atoms with Crippen LogP contribution >= 0.6 is 11.6 Å². The third-order valence-electron chi connectivity index (χ3n) is 11.8. The van der Waals surface area contributed by atoms with E-state index >= 15 is 0 Å². The van der Waals surface area contributed by atoms with Crippen molar-refractivity contribution in [3.05, 3.63) is 154 Å². The number of nitrogen functional groups attached to an aromatic ring is 1. The van der Waals surface area contributed by atoms with Gasteiger partial charge in [0.2, 0.25) is 11.8 Å². The summed E-state index contributed by atoms with van der Waals surface area (Å²) in [5, 5.41) is 27.8. The quantitative estimate of drug-likeness (QED) is 0.0460. The Morgan fingerprint density at radius 2 is 1.44 bits per heavy atom. The topological polar surface area (TPSA) is 146 Å². The number of hydrogen-bond acceptors (Lipinski definition) is 8. The average Bonchev–Trinajstić information content (AvgIpc) is 3.28. The van der Waals surface area contributed by atoms with Gasteiger partial charge in [-0.05, 0) is 95.5 Å². The van der Waals surface area contributed by atoms with Crippen LogP contribution in [0.4, 0.5) is 11.4 Å². The molecule has 0 spiro atoms. The third kappa shape index (κ3) is 12.3. The molecule has 6 N–H and O–H groups in total. The maximum atomic E-state index is 12.7. The predicted molar refractivity (Wildman–Crippen MR) is 240 cm³/mol. The fourth-order valence-electron chi connectivity index (χ4n) is 8.24. The van der Waals surface area contributed by atoms with Gasteiger partial charge >= 0.3 is 0 Å². The van der Waals surface area contributed by atoms with Crippen LogP contribution in [0, 0.1) is 0 Å². The lowest BCUT2D eigenvalue weighted by Gasteiger charge is -2.42. The molecule has 0 unspecified atom stereocenters. The number of nitrogens with two attached hydrogens (primary N) is 1. The first kappa shape index (κ1) is 44.0. The van der Waals surface area contributed by atoms with Gasteiger partial charge in [-0.2, -0.15) is 0 Å². The van der Waals surface area contributed by atoms with E-state index in [2.05, 4.69) is 39.8 Å². The van der Waals surface area contributed by atoms with Crippen molar-refractivity contribution in [1.29, 1.82) is 0 Å². The number of benzene rings is 5. The van der Waals surface area contributed by atoms with Crippen LogP contribution in [0.25, 0.3) is 11.1 Å². The zero-order chi connectivity index (χ0) is 42.6. The van der Waals surface area contributed by atoms with Crippen molar-refractivity contribution in [2.75, 3.05) is 30.7 Å². The Hall–Kier alpha value is -5.07. The number of likely N-dealkylation sites (tertiary alicyclic amines) is 1. The van der Waals surface area contributed by atoms with Crippen molar-refractivity contribution in [3.8, 4) is 11.1 Å². The zero-order valence-corrected chi connectivity index (χ0v) is 35.4. The number of amides is 2. The van der Waals surface area contributed by atoms with Gasteiger partial charge in [0, 0.05) is 56.0 Å². The zero-order valence-electron chi connectivity index (χ0n) is 34.6. The number of aliphatic hydroxyl groups excluding tert-OH is 1. The first-order chi connectivity index (χ1) is 29.6. The molecule has 7 rings (SSSR count). The Bertz CT molecular complexity index is 2210. The molecule has 10 nitrogen and oxygen atoms in total. The fraction of sp³-hybridized carbons (Fsp3) is 0.360. The van der Waals surface area contributed by atoms with E-state index in [4.69, 9.17) is 26.8 Å². The number of nitrogens with zero attached hydrogens (tertiary/aromatic N) is 1. The Kier molecular flexibility index (Phi) is 15.2. The summed E-state index contributed by atoms with van der Waals surface area (Å²) in [5.74, 6) is -0.0479. The van der Waals surface area contributed by atoms with Crippen molar-refractivity contribution in [2.24, 2.45) is 0 Å². The molecule has 2 heterocycles. The van der Waals surface area contributed by atoms with Gasteiger partial charge in [-0.3, -0.25) is 9.59 Å². The molecule has 2 saturated heterocycles. The second-order valence-electron chi connectivity index (χ2n) is 16.3. The molecular formula is C50H57ClN4O6. The van der Waals surface area contributed by atoms with E-state index in [1.807, 2.05) is 84.9 Å².